The van der Waals surface area contributed by atoms with Gasteiger partial charge in [-0.05, 0) is 31.9 Å². The Bertz CT molecular complexity index is 879. The maximum absolute atomic E-state index is 4.73. The van der Waals surface area contributed by atoms with E-state index in [4.69, 9.17) is 4.98 Å². The van der Waals surface area contributed by atoms with Crippen molar-refractivity contribution in [2.75, 3.05) is 23.3 Å². The SMILES string of the molecule is Cc1cc(Cc2ccccc2)nc(N[C@@H]2CCN(c3nc(C)ns3)C2)n1. The summed E-state index contributed by atoms with van der Waals surface area (Å²) in [5.41, 5.74) is 3.29. The second kappa shape index (κ2) is 7.37. The van der Waals surface area contributed by atoms with Crippen LogP contribution in [0.3, 0.4) is 0 Å². The van der Waals surface area contributed by atoms with Crippen LogP contribution in [-0.2, 0) is 6.42 Å². The summed E-state index contributed by atoms with van der Waals surface area (Å²) in [6.45, 7) is 5.84. The standard InChI is InChI=1S/C19H22N6S/c1-13-10-17(11-15-6-4-3-5-7-15)23-18(20-13)22-16-8-9-25(12-16)19-21-14(2)24-26-19/h3-7,10,16H,8-9,11-12H2,1-2H3,(H,20,22,23)/t16-/m1/s1. The minimum absolute atomic E-state index is 0.325. The second-order valence-corrected chi connectivity index (χ2v) is 7.42. The van der Waals surface area contributed by atoms with Gasteiger partial charge < -0.3 is 10.2 Å². The van der Waals surface area contributed by atoms with Gasteiger partial charge in [0.25, 0.3) is 0 Å². The Labute approximate surface area is 157 Å². The van der Waals surface area contributed by atoms with Gasteiger partial charge in [-0.15, -0.1) is 0 Å². The van der Waals surface area contributed by atoms with E-state index in [1.807, 2.05) is 19.9 Å². The van der Waals surface area contributed by atoms with E-state index in [2.05, 4.69) is 54.9 Å². The molecule has 1 aromatic carbocycles. The number of nitrogens with zero attached hydrogens (tertiary/aromatic N) is 5. The number of nitrogens with one attached hydrogen (secondary N) is 1. The average molecular weight is 366 g/mol. The van der Waals surface area contributed by atoms with Gasteiger partial charge >= 0.3 is 0 Å². The van der Waals surface area contributed by atoms with Crippen LogP contribution in [0.15, 0.2) is 36.4 Å². The summed E-state index contributed by atoms with van der Waals surface area (Å²) in [6, 6.07) is 12.8. The van der Waals surface area contributed by atoms with Crippen molar-refractivity contribution in [2.24, 2.45) is 0 Å². The van der Waals surface area contributed by atoms with Gasteiger partial charge in [0, 0.05) is 42.8 Å². The molecule has 26 heavy (non-hydrogen) atoms. The third-order valence-corrected chi connectivity index (χ3v) is 5.31. The minimum atomic E-state index is 0.325. The molecule has 4 rings (SSSR count). The zero-order chi connectivity index (χ0) is 17.9. The number of aryl methyl sites for hydroxylation is 2. The molecule has 0 aliphatic carbocycles. The molecule has 1 saturated heterocycles. The molecule has 1 fully saturated rings. The lowest BCUT2D eigenvalue weighted by Gasteiger charge is -2.16. The van der Waals surface area contributed by atoms with Crippen molar-refractivity contribution in [2.45, 2.75) is 32.7 Å². The van der Waals surface area contributed by atoms with Crippen LogP contribution in [0.2, 0.25) is 0 Å². The molecule has 3 aromatic rings. The molecule has 2 aromatic heterocycles. The average Bonchev–Trinajstić information content (AvgIpc) is 3.24. The molecule has 0 bridgehead atoms. The quantitative estimate of drug-likeness (QED) is 0.748. The fourth-order valence-electron chi connectivity index (χ4n) is 3.24. The molecule has 0 radical (unpaired) electrons. The normalized spacial score (nSPS) is 16.8. The molecule has 1 aliphatic rings. The van der Waals surface area contributed by atoms with Gasteiger partial charge in [0.1, 0.15) is 5.82 Å². The van der Waals surface area contributed by atoms with Crippen LogP contribution in [-0.4, -0.2) is 38.5 Å². The molecule has 0 amide bonds. The summed E-state index contributed by atoms with van der Waals surface area (Å²) in [4.78, 5) is 16.1. The molecule has 3 heterocycles. The second-order valence-electron chi connectivity index (χ2n) is 6.69. The lowest BCUT2D eigenvalue weighted by Crippen LogP contribution is -2.27. The van der Waals surface area contributed by atoms with E-state index >= 15 is 0 Å². The number of hydrogen-bond donors (Lipinski definition) is 1. The van der Waals surface area contributed by atoms with Crippen molar-refractivity contribution in [1.29, 1.82) is 0 Å². The van der Waals surface area contributed by atoms with Crippen molar-refractivity contribution in [3.8, 4) is 0 Å². The van der Waals surface area contributed by atoms with E-state index in [0.717, 1.165) is 54.2 Å². The number of hydrogen-bond acceptors (Lipinski definition) is 7. The van der Waals surface area contributed by atoms with Crippen molar-refractivity contribution < 1.29 is 0 Å². The minimum Gasteiger partial charge on any atom is -0.350 e. The van der Waals surface area contributed by atoms with E-state index in [-0.39, 0.29) is 0 Å². The topological polar surface area (TPSA) is 66.8 Å². The summed E-state index contributed by atoms with van der Waals surface area (Å²) >= 11 is 1.47. The Hall–Kier alpha value is -2.54. The Morgan fingerprint density at radius 2 is 2.00 bits per heavy atom. The maximum Gasteiger partial charge on any atom is 0.223 e. The maximum atomic E-state index is 4.73. The Morgan fingerprint density at radius 3 is 2.77 bits per heavy atom. The van der Waals surface area contributed by atoms with Crippen molar-refractivity contribution in [1.82, 2.24) is 19.3 Å². The van der Waals surface area contributed by atoms with Gasteiger partial charge in [-0.25, -0.2) is 15.0 Å². The smallest absolute Gasteiger partial charge is 0.223 e. The molecule has 1 aliphatic heterocycles. The van der Waals surface area contributed by atoms with Gasteiger partial charge in [-0.2, -0.15) is 4.37 Å². The Balaban J connectivity index is 1.43. The molecule has 134 valence electrons. The molecule has 0 saturated carbocycles. The van der Waals surface area contributed by atoms with E-state index in [9.17, 15) is 0 Å². The predicted molar refractivity (Wildman–Crippen MR) is 105 cm³/mol. The molecule has 1 atom stereocenters. The third kappa shape index (κ3) is 3.99. The predicted octanol–water partition coefficient (Wildman–Crippen LogP) is 3.23. The van der Waals surface area contributed by atoms with E-state index in [1.54, 1.807) is 0 Å². The molecular formula is C19H22N6S. The van der Waals surface area contributed by atoms with E-state index in [1.165, 1.54) is 17.1 Å². The van der Waals surface area contributed by atoms with E-state index < -0.39 is 0 Å². The molecule has 7 heteroatoms. The third-order valence-electron chi connectivity index (χ3n) is 4.44. The lowest BCUT2D eigenvalue weighted by molar-refractivity contribution is 0.787. The first-order valence-electron chi connectivity index (χ1n) is 8.86. The first kappa shape index (κ1) is 16.9. The van der Waals surface area contributed by atoms with Crippen LogP contribution in [0, 0.1) is 13.8 Å². The molecule has 0 unspecified atom stereocenters. The fraction of sp³-hybridized carbons (Fsp3) is 0.368. The number of aromatic nitrogens is 4. The zero-order valence-electron chi connectivity index (χ0n) is 15.0. The van der Waals surface area contributed by atoms with Crippen LogP contribution in [0.5, 0.6) is 0 Å². The Kier molecular flexibility index (Phi) is 4.79. The fourth-order valence-corrected chi connectivity index (χ4v) is 3.95. The summed E-state index contributed by atoms with van der Waals surface area (Å²) < 4.78 is 4.28. The van der Waals surface area contributed by atoms with Gasteiger partial charge in [-0.3, -0.25) is 0 Å². The number of benzene rings is 1. The molecule has 6 nitrogen and oxygen atoms in total. The number of rotatable bonds is 5. The van der Waals surface area contributed by atoms with Gasteiger partial charge in [0.05, 0.1) is 5.69 Å². The van der Waals surface area contributed by atoms with E-state index in [0.29, 0.717) is 6.04 Å². The lowest BCUT2D eigenvalue weighted by atomic mass is 10.1. The van der Waals surface area contributed by atoms with Gasteiger partial charge in [0.2, 0.25) is 11.1 Å². The van der Waals surface area contributed by atoms with Crippen LogP contribution in [0.1, 0.15) is 29.2 Å². The largest absolute Gasteiger partial charge is 0.350 e. The Morgan fingerprint density at radius 1 is 1.15 bits per heavy atom. The molecule has 1 N–H and O–H groups in total. The summed E-state index contributed by atoms with van der Waals surface area (Å²) in [7, 11) is 0. The van der Waals surface area contributed by atoms with Gasteiger partial charge in [0.15, 0.2) is 0 Å². The zero-order valence-corrected chi connectivity index (χ0v) is 15.8. The first-order valence-corrected chi connectivity index (χ1v) is 9.63. The van der Waals surface area contributed by atoms with Gasteiger partial charge in [-0.1, -0.05) is 30.3 Å². The highest BCUT2D eigenvalue weighted by Gasteiger charge is 2.25. The highest BCUT2D eigenvalue weighted by molar-refractivity contribution is 7.09. The van der Waals surface area contributed by atoms with Crippen molar-refractivity contribution >= 4 is 22.6 Å². The van der Waals surface area contributed by atoms with Crippen LogP contribution in [0.25, 0.3) is 0 Å². The summed E-state index contributed by atoms with van der Waals surface area (Å²) in [5, 5.41) is 4.51. The highest BCUT2D eigenvalue weighted by atomic mass is 32.1. The number of anilines is 2. The van der Waals surface area contributed by atoms with Crippen LogP contribution >= 0.6 is 11.5 Å². The molecular weight excluding hydrogens is 344 g/mol. The summed E-state index contributed by atoms with van der Waals surface area (Å²) in [5.74, 6) is 1.56. The van der Waals surface area contributed by atoms with Crippen molar-refractivity contribution in [3.05, 3.63) is 59.2 Å². The molecule has 0 spiro atoms. The summed E-state index contributed by atoms with van der Waals surface area (Å²) in [6.07, 6.45) is 1.86. The highest BCUT2D eigenvalue weighted by Crippen LogP contribution is 2.23. The van der Waals surface area contributed by atoms with Crippen LogP contribution < -0.4 is 10.2 Å². The van der Waals surface area contributed by atoms with Crippen molar-refractivity contribution in [3.63, 3.8) is 0 Å². The van der Waals surface area contributed by atoms with Crippen LogP contribution in [0.4, 0.5) is 11.1 Å². The first-order chi connectivity index (χ1) is 12.7. The monoisotopic (exact) mass is 366 g/mol.